The second-order valence-corrected chi connectivity index (χ2v) is 5.55. The van der Waals surface area contributed by atoms with Gasteiger partial charge < -0.3 is 5.32 Å². The molecule has 0 bridgehead atoms. The first kappa shape index (κ1) is 15.7. The Hall–Kier alpha value is -3.81. The van der Waals surface area contributed by atoms with Crippen molar-refractivity contribution in [1.82, 2.24) is 34.8 Å². The number of carbonyl (C=O) groups excluding carboxylic acids is 1. The maximum atomic E-state index is 12.4. The molecule has 0 saturated heterocycles. The van der Waals surface area contributed by atoms with Crippen molar-refractivity contribution < 1.29 is 4.79 Å². The van der Waals surface area contributed by atoms with E-state index in [-0.39, 0.29) is 5.91 Å². The van der Waals surface area contributed by atoms with E-state index in [0.717, 1.165) is 11.3 Å². The topological polar surface area (TPSA) is 90.5 Å². The largest absolute Gasteiger partial charge is 0.347 e. The Morgan fingerprint density at radius 1 is 1.04 bits per heavy atom. The molecule has 0 radical (unpaired) electrons. The van der Waals surface area contributed by atoms with Crippen molar-refractivity contribution in [3.05, 3.63) is 84.8 Å². The Kier molecular flexibility index (Phi) is 4.21. The molecule has 0 aliphatic carbocycles. The van der Waals surface area contributed by atoms with Crippen molar-refractivity contribution in [3.8, 4) is 11.5 Å². The lowest BCUT2D eigenvalue weighted by molar-refractivity contribution is 0.0946. The third kappa shape index (κ3) is 3.34. The summed E-state index contributed by atoms with van der Waals surface area (Å²) >= 11 is 0. The fourth-order valence-electron chi connectivity index (χ4n) is 2.52. The average molecular weight is 345 g/mol. The summed E-state index contributed by atoms with van der Waals surface area (Å²) in [6.07, 6.45) is 6.66. The van der Waals surface area contributed by atoms with Crippen LogP contribution in [0.1, 0.15) is 16.1 Å². The minimum atomic E-state index is -0.246. The zero-order valence-corrected chi connectivity index (χ0v) is 13.7. The molecule has 0 atom stereocenters. The van der Waals surface area contributed by atoms with Crippen LogP contribution in [0, 0.1) is 0 Å². The highest BCUT2D eigenvalue weighted by molar-refractivity contribution is 5.92. The van der Waals surface area contributed by atoms with E-state index in [1.807, 2.05) is 36.5 Å². The van der Waals surface area contributed by atoms with E-state index >= 15 is 0 Å². The molecule has 4 aromatic rings. The Labute approximate surface area is 149 Å². The van der Waals surface area contributed by atoms with E-state index in [9.17, 15) is 4.79 Å². The molecule has 1 aromatic carbocycles. The van der Waals surface area contributed by atoms with Gasteiger partial charge in [-0.1, -0.05) is 18.2 Å². The van der Waals surface area contributed by atoms with Gasteiger partial charge in [0.1, 0.15) is 24.2 Å². The van der Waals surface area contributed by atoms with Crippen LogP contribution in [0.5, 0.6) is 0 Å². The van der Waals surface area contributed by atoms with Gasteiger partial charge in [-0.2, -0.15) is 5.10 Å². The number of aromatic nitrogens is 6. The van der Waals surface area contributed by atoms with Gasteiger partial charge in [-0.15, -0.1) is 10.2 Å². The molecule has 0 spiro atoms. The van der Waals surface area contributed by atoms with Gasteiger partial charge in [0.15, 0.2) is 0 Å². The van der Waals surface area contributed by atoms with E-state index in [4.69, 9.17) is 0 Å². The number of benzene rings is 1. The van der Waals surface area contributed by atoms with Crippen molar-refractivity contribution >= 4 is 5.91 Å². The van der Waals surface area contributed by atoms with Crippen LogP contribution in [0.2, 0.25) is 0 Å². The number of rotatable bonds is 5. The molecule has 1 amide bonds. The van der Waals surface area contributed by atoms with Crippen LogP contribution in [0.25, 0.3) is 11.5 Å². The van der Waals surface area contributed by atoms with E-state index in [1.54, 1.807) is 33.6 Å². The van der Waals surface area contributed by atoms with Crippen molar-refractivity contribution in [2.24, 2.45) is 0 Å². The molecule has 3 aromatic heterocycles. The zero-order chi connectivity index (χ0) is 17.8. The summed E-state index contributed by atoms with van der Waals surface area (Å²) in [5.41, 5.74) is 2.25. The van der Waals surface area contributed by atoms with E-state index in [0.29, 0.717) is 18.1 Å². The van der Waals surface area contributed by atoms with Gasteiger partial charge in [0, 0.05) is 18.9 Å². The molecule has 8 nitrogen and oxygen atoms in total. The number of carbonyl (C=O) groups is 1. The summed E-state index contributed by atoms with van der Waals surface area (Å²) in [6.45, 7) is 0.395. The highest BCUT2D eigenvalue weighted by Crippen LogP contribution is 2.10. The molecule has 0 aliphatic heterocycles. The number of amides is 1. The molecule has 4 rings (SSSR count). The van der Waals surface area contributed by atoms with Crippen molar-refractivity contribution in [1.29, 1.82) is 0 Å². The maximum Gasteiger partial charge on any atom is 0.270 e. The summed E-state index contributed by atoms with van der Waals surface area (Å²) in [5.74, 6) is 0.341. The number of hydrogen-bond acceptors (Lipinski definition) is 5. The number of hydrogen-bond donors (Lipinski definition) is 1. The molecular weight excluding hydrogens is 330 g/mol. The highest BCUT2D eigenvalue weighted by Gasteiger charge is 2.09. The van der Waals surface area contributed by atoms with Gasteiger partial charge in [-0.3, -0.25) is 9.36 Å². The van der Waals surface area contributed by atoms with Crippen molar-refractivity contribution in [2.75, 3.05) is 0 Å². The summed E-state index contributed by atoms with van der Waals surface area (Å²) in [4.78, 5) is 16.8. The molecule has 0 saturated carbocycles. The second-order valence-electron chi connectivity index (χ2n) is 5.55. The monoisotopic (exact) mass is 345 g/mol. The Morgan fingerprint density at radius 3 is 2.69 bits per heavy atom. The van der Waals surface area contributed by atoms with Crippen LogP contribution < -0.4 is 5.32 Å². The molecule has 128 valence electrons. The third-order valence-corrected chi connectivity index (χ3v) is 3.78. The van der Waals surface area contributed by atoms with Crippen LogP contribution in [0.4, 0.5) is 0 Å². The van der Waals surface area contributed by atoms with Gasteiger partial charge >= 0.3 is 0 Å². The highest BCUT2D eigenvalue weighted by atomic mass is 16.1. The molecular formula is C18H15N7O. The Bertz CT molecular complexity index is 1010. The summed E-state index contributed by atoms with van der Waals surface area (Å²) in [5, 5.41) is 14.6. The van der Waals surface area contributed by atoms with Crippen LogP contribution in [-0.4, -0.2) is 35.4 Å². The molecule has 0 aliphatic rings. The average Bonchev–Trinajstić information content (AvgIpc) is 3.40. The van der Waals surface area contributed by atoms with Crippen LogP contribution in [0.15, 0.2) is 73.6 Å². The normalized spacial score (nSPS) is 10.6. The van der Waals surface area contributed by atoms with E-state index < -0.39 is 0 Å². The standard InChI is InChI=1S/C18H15N7O/c26-18(16-6-2-7-17(23-16)24-12-20-21-13-24)19-11-14-4-1-5-15(10-14)25-9-3-8-22-25/h1-10,12-13H,11H2,(H,19,26). The molecule has 0 unspecified atom stereocenters. The smallest absolute Gasteiger partial charge is 0.270 e. The first-order chi connectivity index (χ1) is 12.8. The third-order valence-electron chi connectivity index (χ3n) is 3.78. The minimum Gasteiger partial charge on any atom is -0.347 e. The zero-order valence-electron chi connectivity index (χ0n) is 13.7. The van der Waals surface area contributed by atoms with Gasteiger partial charge in [-0.25, -0.2) is 9.67 Å². The van der Waals surface area contributed by atoms with Crippen molar-refractivity contribution in [2.45, 2.75) is 6.54 Å². The van der Waals surface area contributed by atoms with E-state index in [2.05, 4.69) is 25.6 Å². The van der Waals surface area contributed by atoms with Crippen molar-refractivity contribution in [3.63, 3.8) is 0 Å². The quantitative estimate of drug-likeness (QED) is 0.595. The van der Waals surface area contributed by atoms with E-state index in [1.165, 1.54) is 12.7 Å². The summed E-state index contributed by atoms with van der Waals surface area (Å²) in [7, 11) is 0. The fourth-order valence-corrected chi connectivity index (χ4v) is 2.52. The maximum absolute atomic E-state index is 12.4. The predicted molar refractivity (Wildman–Crippen MR) is 93.9 cm³/mol. The fraction of sp³-hybridized carbons (Fsp3) is 0.0556. The van der Waals surface area contributed by atoms with Crippen LogP contribution in [0.3, 0.4) is 0 Å². The molecule has 8 heteroatoms. The number of nitrogens with one attached hydrogen (secondary N) is 1. The molecule has 0 fully saturated rings. The SMILES string of the molecule is O=C(NCc1cccc(-n2cccn2)c1)c1cccc(-n2cnnc2)n1. The lowest BCUT2D eigenvalue weighted by Gasteiger charge is -2.08. The van der Waals surface area contributed by atoms with Gasteiger partial charge in [0.05, 0.1) is 5.69 Å². The predicted octanol–water partition coefficient (Wildman–Crippen LogP) is 1.78. The van der Waals surface area contributed by atoms with Gasteiger partial charge in [-0.05, 0) is 35.9 Å². The lowest BCUT2D eigenvalue weighted by atomic mass is 10.2. The van der Waals surface area contributed by atoms with Crippen LogP contribution >= 0.6 is 0 Å². The first-order valence-electron chi connectivity index (χ1n) is 7.99. The number of nitrogens with zero attached hydrogens (tertiary/aromatic N) is 6. The van der Waals surface area contributed by atoms with Gasteiger partial charge in [0.2, 0.25) is 0 Å². The Morgan fingerprint density at radius 2 is 1.88 bits per heavy atom. The van der Waals surface area contributed by atoms with Gasteiger partial charge in [0.25, 0.3) is 5.91 Å². The van der Waals surface area contributed by atoms with Crippen LogP contribution in [-0.2, 0) is 6.54 Å². The molecule has 1 N–H and O–H groups in total. The molecule has 26 heavy (non-hydrogen) atoms. The Balaban J connectivity index is 1.46. The first-order valence-corrected chi connectivity index (χ1v) is 7.99. The summed E-state index contributed by atoms with van der Waals surface area (Å²) < 4.78 is 3.42. The second kappa shape index (κ2) is 6.98. The lowest BCUT2D eigenvalue weighted by Crippen LogP contribution is -2.24. The summed E-state index contributed by atoms with van der Waals surface area (Å²) in [6, 6.07) is 14.9. The molecule has 3 heterocycles. The number of pyridine rings is 1. The minimum absolute atomic E-state index is 0.246.